The molecule has 3 aromatic carbocycles. The maximum Gasteiger partial charge on any atom is 0.337 e. The Balaban J connectivity index is 1.29. The molecule has 0 unspecified atom stereocenters. The Morgan fingerprint density at radius 2 is 1.74 bits per heavy atom. The normalized spacial score (nSPS) is 16.9. The number of hydrogen-bond acceptors (Lipinski definition) is 8. The van der Waals surface area contributed by atoms with Gasteiger partial charge in [-0.3, -0.25) is 14.4 Å². The van der Waals surface area contributed by atoms with Crippen LogP contribution < -0.4 is 0 Å². The largest absolute Gasteiger partial charge is 0.479 e. The molecule has 2 aromatic heterocycles. The average Bonchev–Trinajstić information content (AvgIpc) is 3.66. The van der Waals surface area contributed by atoms with Crippen LogP contribution in [0.4, 0.5) is 0 Å². The van der Waals surface area contributed by atoms with Gasteiger partial charge < -0.3 is 19.6 Å². The number of carboxylic acid groups (broad SMARTS) is 1. The van der Waals surface area contributed by atoms with Crippen molar-refractivity contribution in [2.75, 3.05) is 46.8 Å². The van der Waals surface area contributed by atoms with Crippen molar-refractivity contribution >= 4 is 55.9 Å². The number of carboxylic acids is 1. The van der Waals surface area contributed by atoms with Crippen molar-refractivity contribution in [2.45, 2.75) is 77.7 Å². The third kappa shape index (κ3) is 7.73. The van der Waals surface area contributed by atoms with Gasteiger partial charge in [-0.05, 0) is 115 Å². The summed E-state index contributed by atoms with van der Waals surface area (Å²) in [6, 6.07) is 16.5. The van der Waals surface area contributed by atoms with E-state index in [0.29, 0.717) is 22.5 Å². The van der Waals surface area contributed by atoms with Crippen LogP contribution in [0.1, 0.15) is 69.4 Å². The molecule has 2 aliphatic heterocycles. The predicted octanol–water partition coefficient (Wildman–Crippen LogP) is 7.85. The van der Waals surface area contributed by atoms with Gasteiger partial charge in [0.2, 0.25) is 5.91 Å². The van der Waals surface area contributed by atoms with Crippen LogP contribution in [0.3, 0.4) is 0 Å². The van der Waals surface area contributed by atoms with E-state index in [1.807, 2.05) is 62.9 Å². The molecule has 1 N–H and O–H groups in total. The minimum absolute atomic E-state index is 0.158. The smallest absolute Gasteiger partial charge is 0.337 e. The van der Waals surface area contributed by atoms with Crippen LogP contribution in [0.15, 0.2) is 48.5 Å². The molecule has 2 aliphatic rings. The number of carbonyl (C=O) groups is 2. The summed E-state index contributed by atoms with van der Waals surface area (Å²) in [6.07, 6.45) is 0.872. The van der Waals surface area contributed by atoms with Crippen LogP contribution in [0, 0.1) is 6.92 Å². The standard InChI is InChI=1S/C41H49ClN6O4S/c1-24-20-32-38(35(26-8-11-29(42)12-9-26)34(24)37(40(50)51)52-41(3,4)5)53-39(43-32)28-10-13-33-31(21-28)36(44-48(33)19-18-45(6)7)27-14-16-46(17-15-27)30-22-47(23-30)25(2)49/h8-13,20-21,27,30,37H,14-19,22-23H2,1-7H3,(H,50,51)/t37-/m0/s1. The fourth-order valence-corrected chi connectivity index (χ4v) is 8.99. The summed E-state index contributed by atoms with van der Waals surface area (Å²) < 4.78 is 9.28. The lowest BCUT2D eigenvalue weighted by atomic mass is 9.90. The molecule has 0 aliphatic carbocycles. The topological polar surface area (TPSA) is 104 Å². The number of aromatic nitrogens is 3. The van der Waals surface area contributed by atoms with Crippen LogP contribution in [-0.4, -0.2) is 105 Å². The summed E-state index contributed by atoms with van der Waals surface area (Å²) in [6.45, 7) is 14.5. The summed E-state index contributed by atoms with van der Waals surface area (Å²) in [5, 5.41) is 18.4. The SMILES string of the molecule is CC(=O)N1CC(N2CCC(c3nn(CCN(C)C)c4ccc(-c5nc6cc(C)c([C@H](OC(C)(C)C)C(=O)O)c(-c7ccc(Cl)cc7)c6s5)cc34)CC2)C1. The van der Waals surface area contributed by atoms with Gasteiger partial charge in [-0.1, -0.05) is 23.7 Å². The van der Waals surface area contributed by atoms with Crippen LogP contribution in [0.2, 0.25) is 5.02 Å². The van der Waals surface area contributed by atoms with E-state index in [4.69, 9.17) is 26.4 Å². The number of benzene rings is 3. The molecule has 4 heterocycles. The number of fused-ring (bicyclic) bond motifs is 2. The second-order valence-corrected chi connectivity index (χ2v) is 17.3. The van der Waals surface area contributed by atoms with E-state index in [1.165, 1.54) is 0 Å². The number of aryl methyl sites for hydroxylation is 1. The lowest BCUT2D eigenvalue weighted by molar-refractivity contribution is -0.160. The summed E-state index contributed by atoms with van der Waals surface area (Å²) >= 11 is 7.89. The highest BCUT2D eigenvalue weighted by atomic mass is 35.5. The van der Waals surface area contributed by atoms with Crippen LogP contribution in [-0.2, 0) is 20.9 Å². The van der Waals surface area contributed by atoms with E-state index in [1.54, 1.807) is 18.3 Å². The zero-order chi connectivity index (χ0) is 37.8. The Morgan fingerprint density at radius 3 is 2.36 bits per heavy atom. The number of nitrogens with zero attached hydrogens (tertiary/aromatic N) is 6. The molecule has 1 atom stereocenters. The van der Waals surface area contributed by atoms with Gasteiger partial charge in [0, 0.05) is 65.6 Å². The summed E-state index contributed by atoms with van der Waals surface area (Å²) in [5.41, 5.74) is 6.49. The third-order valence-electron chi connectivity index (χ3n) is 10.5. The number of likely N-dealkylation sites (N-methyl/N-ethyl adjacent to an activating group) is 1. The van der Waals surface area contributed by atoms with Crippen molar-refractivity contribution in [1.82, 2.24) is 29.5 Å². The van der Waals surface area contributed by atoms with E-state index >= 15 is 0 Å². The zero-order valence-corrected chi connectivity index (χ0v) is 33.2. The fraction of sp³-hybridized carbons (Fsp3) is 0.463. The van der Waals surface area contributed by atoms with Crippen molar-refractivity contribution < 1.29 is 19.4 Å². The highest BCUT2D eigenvalue weighted by Crippen LogP contribution is 2.45. The van der Waals surface area contributed by atoms with Gasteiger partial charge in [0.15, 0.2) is 6.10 Å². The monoisotopic (exact) mass is 756 g/mol. The molecule has 280 valence electrons. The molecule has 5 aromatic rings. The number of hydrogen-bond donors (Lipinski definition) is 1. The van der Waals surface area contributed by atoms with Crippen LogP contribution in [0.25, 0.3) is 42.8 Å². The number of aliphatic carboxylic acids is 1. The molecular weight excluding hydrogens is 708 g/mol. The van der Waals surface area contributed by atoms with Gasteiger partial charge in [0.25, 0.3) is 0 Å². The molecule has 0 bridgehead atoms. The molecule has 53 heavy (non-hydrogen) atoms. The molecule has 0 saturated carbocycles. The average molecular weight is 757 g/mol. The highest BCUT2D eigenvalue weighted by Gasteiger charge is 2.36. The Hall–Kier alpha value is -3.87. The number of carbonyl (C=O) groups excluding carboxylic acids is 1. The van der Waals surface area contributed by atoms with E-state index in [2.05, 4.69) is 46.8 Å². The van der Waals surface area contributed by atoms with E-state index in [-0.39, 0.29) is 5.91 Å². The molecule has 10 nitrogen and oxygen atoms in total. The maximum absolute atomic E-state index is 12.8. The highest BCUT2D eigenvalue weighted by molar-refractivity contribution is 7.22. The van der Waals surface area contributed by atoms with E-state index in [9.17, 15) is 14.7 Å². The van der Waals surface area contributed by atoms with E-state index < -0.39 is 17.7 Å². The summed E-state index contributed by atoms with van der Waals surface area (Å²) in [7, 11) is 4.17. The molecule has 7 rings (SSSR count). The van der Waals surface area contributed by atoms with Gasteiger partial charge in [-0.2, -0.15) is 5.10 Å². The van der Waals surface area contributed by atoms with Crippen molar-refractivity contribution in [2.24, 2.45) is 0 Å². The molecule has 12 heteroatoms. The number of ether oxygens (including phenoxy) is 1. The van der Waals surface area contributed by atoms with Gasteiger partial charge in [0.1, 0.15) is 5.01 Å². The summed E-state index contributed by atoms with van der Waals surface area (Å²) in [4.78, 5) is 36.4. The molecule has 2 fully saturated rings. The van der Waals surface area contributed by atoms with Gasteiger partial charge in [0.05, 0.1) is 33.6 Å². The van der Waals surface area contributed by atoms with Crippen LogP contribution in [0.5, 0.6) is 0 Å². The van der Waals surface area contributed by atoms with Crippen LogP contribution >= 0.6 is 22.9 Å². The summed E-state index contributed by atoms with van der Waals surface area (Å²) in [5.74, 6) is -0.546. The van der Waals surface area contributed by atoms with Crippen molar-refractivity contribution in [1.29, 1.82) is 0 Å². The third-order valence-corrected chi connectivity index (χ3v) is 11.9. The quantitative estimate of drug-likeness (QED) is 0.154. The van der Waals surface area contributed by atoms with Gasteiger partial charge >= 0.3 is 5.97 Å². The second-order valence-electron chi connectivity index (χ2n) is 15.8. The zero-order valence-electron chi connectivity index (χ0n) is 31.6. The Labute approximate surface area is 320 Å². The number of likely N-dealkylation sites (tertiary alicyclic amines) is 2. The minimum atomic E-state index is -1.17. The first-order valence-electron chi connectivity index (χ1n) is 18.4. The molecule has 2 saturated heterocycles. The molecule has 0 spiro atoms. The number of rotatable bonds is 10. The van der Waals surface area contributed by atoms with Gasteiger partial charge in [-0.25, -0.2) is 9.78 Å². The lowest BCUT2D eigenvalue weighted by Gasteiger charge is -2.47. The van der Waals surface area contributed by atoms with Gasteiger partial charge in [-0.15, -0.1) is 11.3 Å². The first-order chi connectivity index (χ1) is 25.2. The Morgan fingerprint density at radius 1 is 1.06 bits per heavy atom. The number of thiazole rings is 1. The van der Waals surface area contributed by atoms with Crippen molar-refractivity contribution in [3.8, 4) is 21.7 Å². The number of halogens is 1. The predicted molar refractivity (Wildman–Crippen MR) is 213 cm³/mol. The first-order valence-corrected chi connectivity index (χ1v) is 19.6. The number of piperidine rings is 1. The first kappa shape index (κ1) is 37.4. The fourth-order valence-electron chi connectivity index (χ4n) is 7.75. The van der Waals surface area contributed by atoms with Crippen molar-refractivity contribution in [3.63, 3.8) is 0 Å². The Bertz CT molecular complexity index is 2160. The molecule has 1 amide bonds. The van der Waals surface area contributed by atoms with E-state index in [0.717, 1.165) is 106 Å². The minimum Gasteiger partial charge on any atom is -0.479 e. The second kappa shape index (κ2) is 14.8. The lowest BCUT2D eigenvalue weighted by Crippen LogP contribution is -2.61. The number of amides is 1. The van der Waals surface area contributed by atoms with Crippen molar-refractivity contribution in [3.05, 3.63) is 70.4 Å². The maximum atomic E-state index is 12.8. The molecule has 0 radical (unpaired) electrons. The molecular formula is C41H49ClN6O4S. The Kier molecular flexibility index (Phi) is 10.4.